The summed E-state index contributed by atoms with van der Waals surface area (Å²) in [6.07, 6.45) is 13.1. The molecule has 3 heterocycles. The van der Waals surface area contributed by atoms with Crippen molar-refractivity contribution in [2.24, 2.45) is 0 Å². The first-order valence-electron chi connectivity index (χ1n) is 21.1. The number of furan rings is 1. The van der Waals surface area contributed by atoms with Crippen LogP contribution in [-0.4, -0.2) is 4.57 Å². The van der Waals surface area contributed by atoms with Crippen molar-refractivity contribution in [1.82, 2.24) is 4.57 Å². The summed E-state index contributed by atoms with van der Waals surface area (Å²) in [7, 11) is -2.20. The van der Waals surface area contributed by atoms with Crippen LogP contribution < -0.4 is 4.90 Å². The van der Waals surface area contributed by atoms with Crippen LogP contribution in [0.5, 0.6) is 0 Å². The van der Waals surface area contributed by atoms with Gasteiger partial charge in [-0.15, -0.1) is 10.0 Å². The van der Waals surface area contributed by atoms with Crippen LogP contribution in [0.4, 0.5) is 11.4 Å². The molecule has 0 fully saturated rings. The topological polar surface area (TPSA) is 68.9 Å². The van der Waals surface area contributed by atoms with E-state index in [0.29, 0.717) is 11.1 Å². The Morgan fingerprint density at radius 3 is 2.23 bits per heavy atom. The largest absolute Gasteiger partial charge is 0.456 e. The summed E-state index contributed by atoms with van der Waals surface area (Å²) in [5.41, 5.74) is 9.87. The monoisotopic (exact) mass is 814 g/mol. The highest BCUT2D eigenvalue weighted by atomic mass is 32.3. The molecule has 0 spiro atoms. The number of anilines is 2. The standard InChI is InChI=1S/C56H38N4OS/c57-35-37-26-28-52-49(32-37)46-21-8-10-23-50(46)59(52)40-30-38(36-58)31-44(34-40)62(41-15-3-1-4-16-41,42-17-5-2-6-18-42)43-19-13-14-39(33-43)60-51-24-11-7-20-45(51)47-27-29-54-55(56(47)60)48-22-9-12-25-53(48)61-54/h1-5,7-17,19-34,47,56H,6,18H2/t47?,56-/m0/s1. The van der Waals surface area contributed by atoms with Gasteiger partial charge in [0.2, 0.25) is 0 Å². The number of hydrogen-bond acceptors (Lipinski definition) is 4. The summed E-state index contributed by atoms with van der Waals surface area (Å²) in [5, 5.41) is 24.0. The van der Waals surface area contributed by atoms with E-state index < -0.39 is 10.0 Å². The van der Waals surface area contributed by atoms with E-state index in [9.17, 15) is 10.5 Å². The summed E-state index contributed by atoms with van der Waals surface area (Å²) in [5.74, 6) is 1.06. The van der Waals surface area contributed by atoms with Crippen molar-refractivity contribution in [2.45, 2.75) is 39.5 Å². The second-order valence-corrected chi connectivity index (χ2v) is 19.3. The van der Waals surface area contributed by atoms with Crippen molar-refractivity contribution < 1.29 is 4.42 Å². The average Bonchev–Trinajstić information content (AvgIpc) is 4.00. The molecule has 6 heteroatoms. The first-order valence-corrected chi connectivity index (χ1v) is 22.7. The van der Waals surface area contributed by atoms with Gasteiger partial charge in [0.1, 0.15) is 11.3 Å². The van der Waals surface area contributed by atoms with Gasteiger partial charge in [0.05, 0.1) is 40.3 Å². The Kier molecular flexibility index (Phi) is 8.25. The summed E-state index contributed by atoms with van der Waals surface area (Å²) < 4.78 is 8.78. The number of allylic oxidation sites excluding steroid dienone is 4. The lowest BCUT2D eigenvalue weighted by molar-refractivity contribution is 0.573. The lowest BCUT2D eigenvalue weighted by Crippen LogP contribution is -2.23. The summed E-state index contributed by atoms with van der Waals surface area (Å²) in [4.78, 5) is 7.40. The van der Waals surface area contributed by atoms with Crippen molar-refractivity contribution in [3.05, 3.63) is 221 Å². The van der Waals surface area contributed by atoms with E-state index >= 15 is 0 Å². The Bertz CT molecular complexity index is 3480. The van der Waals surface area contributed by atoms with E-state index in [1.165, 1.54) is 31.5 Å². The van der Waals surface area contributed by atoms with E-state index in [-0.39, 0.29) is 12.0 Å². The van der Waals surface area contributed by atoms with E-state index in [1.54, 1.807) is 0 Å². The van der Waals surface area contributed by atoms with Gasteiger partial charge >= 0.3 is 0 Å². The lowest BCUT2D eigenvalue weighted by Gasteiger charge is -2.45. The SMILES string of the molecule is N#Cc1cc(-n2c3ccccc3c3cc(C#N)ccc32)cc(S(C2=CC=CCC2)(c2ccccc2)c2cccc(N3c4ccccc4C4C=Cc5oc6ccccc6c5[C@H]43)c2)c1. The van der Waals surface area contributed by atoms with Crippen LogP contribution in [0, 0.1) is 22.7 Å². The minimum absolute atomic E-state index is 0.00498. The molecule has 62 heavy (non-hydrogen) atoms. The molecule has 0 radical (unpaired) electrons. The number of hydrogen-bond donors (Lipinski definition) is 0. The number of nitriles is 2. The van der Waals surface area contributed by atoms with Gasteiger partial charge in [-0.05, 0) is 114 Å². The number of benzene rings is 7. The molecule has 2 aromatic heterocycles. The zero-order valence-electron chi connectivity index (χ0n) is 33.6. The fraction of sp³-hybridized carbons (Fsp3) is 0.0714. The van der Waals surface area contributed by atoms with Crippen LogP contribution in [0.2, 0.25) is 0 Å². The Labute approximate surface area is 361 Å². The predicted molar refractivity (Wildman–Crippen MR) is 251 cm³/mol. The lowest BCUT2D eigenvalue weighted by atomic mass is 9.84. The molecule has 0 bridgehead atoms. The highest BCUT2D eigenvalue weighted by molar-refractivity contribution is 8.37. The Hall–Kier alpha value is -7.77. The van der Waals surface area contributed by atoms with Crippen LogP contribution in [-0.2, 0) is 0 Å². The van der Waals surface area contributed by atoms with E-state index in [2.05, 4.69) is 179 Å². The van der Waals surface area contributed by atoms with Gasteiger partial charge in [-0.2, -0.15) is 10.5 Å². The Morgan fingerprint density at radius 1 is 0.613 bits per heavy atom. The summed E-state index contributed by atoms with van der Waals surface area (Å²) >= 11 is 0. The molecule has 2 aliphatic carbocycles. The first kappa shape index (κ1) is 36.1. The molecule has 3 aliphatic rings. The maximum atomic E-state index is 10.9. The smallest absolute Gasteiger partial charge is 0.135 e. The molecule has 0 saturated heterocycles. The van der Waals surface area contributed by atoms with Gasteiger partial charge in [0, 0.05) is 59.4 Å². The summed E-state index contributed by atoms with van der Waals surface area (Å²) in [6, 6.07) is 63.1. The number of rotatable bonds is 6. The normalized spacial score (nSPS) is 17.8. The zero-order valence-corrected chi connectivity index (χ0v) is 34.5. The van der Waals surface area contributed by atoms with E-state index in [1.807, 2.05) is 36.4 Å². The van der Waals surface area contributed by atoms with E-state index in [4.69, 9.17) is 4.42 Å². The third-order valence-corrected chi connectivity index (χ3v) is 16.9. The molecule has 294 valence electrons. The van der Waals surface area contributed by atoms with Crippen LogP contribution in [0.15, 0.2) is 212 Å². The second-order valence-electron chi connectivity index (χ2n) is 16.2. The second kappa shape index (κ2) is 14.2. The molecule has 0 amide bonds. The fourth-order valence-corrected chi connectivity index (χ4v) is 14.6. The van der Waals surface area contributed by atoms with Crippen molar-refractivity contribution in [3.63, 3.8) is 0 Å². The predicted octanol–water partition coefficient (Wildman–Crippen LogP) is 14.8. The van der Waals surface area contributed by atoms with Crippen LogP contribution in [0.3, 0.4) is 0 Å². The van der Waals surface area contributed by atoms with Gasteiger partial charge in [-0.25, -0.2) is 0 Å². The van der Waals surface area contributed by atoms with Gasteiger partial charge < -0.3 is 13.9 Å². The number of para-hydroxylation sites is 3. The Morgan fingerprint density at radius 2 is 1.37 bits per heavy atom. The van der Waals surface area contributed by atoms with Crippen molar-refractivity contribution >= 4 is 60.3 Å². The summed E-state index contributed by atoms with van der Waals surface area (Å²) in [6.45, 7) is 0. The first-order chi connectivity index (χ1) is 30.6. The maximum absolute atomic E-state index is 10.9. The third-order valence-electron chi connectivity index (χ3n) is 12.9. The van der Waals surface area contributed by atoms with Gasteiger partial charge in [-0.3, -0.25) is 0 Å². The van der Waals surface area contributed by atoms with Crippen LogP contribution in [0.1, 0.15) is 52.8 Å². The number of aromatic nitrogens is 1. The van der Waals surface area contributed by atoms with Crippen molar-refractivity contribution in [3.8, 4) is 17.8 Å². The molecule has 12 rings (SSSR count). The van der Waals surface area contributed by atoms with Gasteiger partial charge in [0.25, 0.3) is 0 Å². The van der Waals surface area contributed by atoms with Crippen LogP contribution >= 0.6 is 10.0 Å². The van der Waals surface area contributed by atoms with Crippen molar-refractivity contribution in [1.29, 1.82) is 10.5 Å². The van der Waals surface area contributed by atoms with E-state index in [0.717, 1.165) is 67.6 Å². The highest BCUT2D eigenvalue weighted by Crippen LogP contribution is 2.75. The molecular weight excluding hydrogens is 777 g/mol. The number of nitrogens with zero attached hydrogens (tertiary/aromatic N) is 4. The molecule has 7 aromatic carbocycles. The minimum atomic E-state index is -2.20. The number of fused-ring (bicyclic) bond motifs is 10. The average molecular weight is 815 g/mol. The third kappa shape index (κ3) is 5.27. The molecule has 0 N–H and O–H groups in total. The molecule has 3 atom stereocenters. The van der Waals surface area contributed by atoms with Crippen molar-refractivity contribution in [2.75, 3.05) is 4.90 Å². The van der Waals surface area contributed by atoms with Crippen LogP contribution in [0.25, 0.3) is 44.5 Å². The van der Waals surface area contributed by atoms with Gasteiger partial charge in [0.15, 0.2) is 0 Å². The minimum Gasteiger partial charge on any atom is -0.456 e. The Balaban J connectivity index is 1.13. The fourth-order valence-electron chi connectivity index (χ4n) is 10.4. The zero-order chi connectivity index (χ0) is 41.4. The van der Waals surface area contributed by atoms with Gasteiger partial charge in [-0.1, -0.05) is 103 Å². The molecular formula is C56H38N4OS. The molecule has 5 nitrogen and oxygen atoms in total. The quantitative estimate of drug-likeness (QED) is 0.168. The maximum Gasteiger partial charge on any atom is 0.135 e. The molecule has 0 saturated carbocycles. The molecule has 1 aliphatic heterocycles. The highest BCUT2D eigenvalue weighted by Gasteiger charge is 2.44. The molecule has 2 unspecified atom stereocenters. The molecule has 9 aromatic rings.